The molecular weight excluding hydrogens is 272 g/mol. The van der Waals surface area contributed by atoms with E-state index in [-0.39, 0.29) is 17.0 Å². The van der Waals surface area contributed by atoms with Gasteiger partial charge in [0.1, 0.15) is 5.60 Å². The predicted molar refractivity (Wildman–Crippen MR) is 89.4 cm³/mol. The first-order chi connectivity index (χ1) is 10.3. The van der Waals surface area contributed by atoms with Crippen LogP contribution >= 0.6 is 0 Å². The summed E-state index contributed by atoms with van der Waals surface area (Å²) in [6.45, 7) is 10.4. The highest BCUT2D eigenvalue weighted by Gasteiger charge is 2.59. The van der Waals surface area contributed by atoms with Crippen molar-refractivity contribution in [1.29, 1.82) is 0 Å². The molecule has 0 spiro atoms. The molecule has 0 amide bonds. The van der Waals surface area contributed by atoms with Gasteiger partial charge in [-0.15, -0.1) is 0 Å². The molecule has 0 heterocycles. The normalized spacial score (nSPS) is 39.7. The summed E-state index contributed by atoms with van der Waals surface area (Å²) in [6, 6.07) is 0. The van der Waals surface area contributed by atoms with Crippen molar-refractivity contribution in [3.63, 3.8) is 0 Å². The molecule has 4 fully saturated rings. The quantitative estimate of drug-likeness (QED) is 0.532. The van der Waals surface area contributed by atoms with Crippen molar-refractivity contribution in [2.75, 3.05) is 0 Å². The van der Waals surface area contributed by atoms with Crippen molar-refractivity contribution in [2.45, 2.75) is 78.7 Å². The third-order valence-corrected chi connectivity index (χ3v) is 6.63. The van der Waals surface area contributed by atoms with Crippen molar-refractivity contribution in [1.82, 2.24) is 0 Å². The summed E-state index contributed by atoms with van der Waals surface area (Å²) in [5.41, 5.74) is 0.599. The molecule has 2 nitrogen and oxygen atoms in total. The van der Waals surface area contributed by atoms with Gasteiger partial charge >= 0.3 is 5.97 Å². The van der Waals surface area contributed by atoms with E-state index in [4.69, 9.17) is 4.74 Å². The largest absolute Gasteiger partial charge is 0.454 e. The van der Waals surface area contributed by atoms with Gasteiger partial charge in [0.2, 0.25) is 0 Å². The predicted octanol–water partition coefficient (Wildman–Crippen LogP) is 5.13. The van der Waals surface area contributed by atoms with E-state index in [1.165, 1.54) is 37.7 Å². The lowest BCUT2D eigenvalue weighted by Crippen LogP contribution is -2.59. The summed E-state index contributed by atoms with van der Waals surface area (Å²) in [5.74, 6) is 2.88. The molecule has 0 aromatic heterocycles. The number of ether oxygens (including phenoxy) is 1. The van der Waals surface area contributed by atoms with E-state index >= 15 is 0 Å². The summed E-state index contributed by atoms with van der Waals surface area (Å²) < 4.78 is 6.37. The van der Waals surface area contributed by atoms with Gasteiger partial charge in [-0.3, -0.25) is 4.79 Å². The Morgan fingerprint density at radius 3 is 2.00 bits per heavy atom. The van der Waals surface area contributed by atoms with Crippen LogP contribution in [-0.4, -0.2) is 11.6 Å². The molecule has 4 saturated carbocycles. The summed E-state index contributed by atoms with van der Waals surface area (Å²) in [5, 5.41) is 0. The summed E-state index contributed by atoms with van der Waals surface area (Å²) in [7, 11) is 0. The lowest BCUT2D eigenvalue weighted by molar-refractivity contribution is -0.201. The fourth-order valence-corrected chi connectivity index (χ4v) is 5.25. The Balaban J connectivity index is 1.93. The van der Waals surface area contributed by atoms with Gasteiger partial charge in [0.15, 0.2) is 0 Å². The first kappa shape index (κ1) is 16.1. The Bertz CT molecular complexity index is 454. The Labute approximate surface area is 135 Å². The third kappa shape index (κ3) is 2.53. The molecular formula is C20H32O2. The monoisotopic (exact) mass is 304 g/mol. The number of esters is 1. The second-order valence-corrected chi connectivity index (χ2v) is 9.01. The Kier molecular flexibility index (Phi) is 3.94. The van der Waals surface area contributed by atoms with E-state index in [2.05, 4.69) is 26.8 Å². The average Bonchev–Trinajstić information content (AvgIpc) is 2.43. The van der Waals surface area contributed by atoms with Gasteiger partial charge in [-0.1, -0.05) is 12.5 Å². The number of hydrogen-bond acceptors (Lipinski definition) is 2. The van der Waals surface area contributed by atoms with Crippen LogP contribution < -0.4 is 0 Å². The zero-order valence-electron chi connectivity index (χ0n) is 14.9. The highest BCUT2D eigenvalue weighted by atomic mass is 16.6. The van der Waals surface area contributed by atoms with Gasteiger partial charge in [0.25, 0.3) is 0 Å². The SMILES string of the molecule is CCC(C)(C)C(=O)OC1(C=C(C)C)C2CC3CC(C2)CC1C3. The van der Waals surface area contributed by atoms with E-state index in [0.717, 1.165) is 18.3 Å². The minimum atomic E-state index is -0.378. The number of carbonyl (C=O) groups excluding carboxylic acids is 1. The standard InChI is InChI=1S/C20H32O2/c1-6-19(4,5)18(21)22-20(12-13(2)3)16-8-14-7-15(10-16)11-17(20)9-14/h12,14-17H,6-11H2,1-5H3. The molecule has 4 rings (SSSR count). The van der Waals surface area contributed by atoms with Crippen LogP contribution in [0.15, 0.2) is 11.6 Å². The summed E-state index contributed by atoms with van der Waals surface area (Å²) in [6.07, 6.45) is 9.60. The van der Waals surface area contributed by atoms with Gasteiger partial charge in [0.05, 0.1) is 5.41 Å². The maximum Gasteiger partial charge on any atom is 0.312 e. The molecule has 124 valence electrons. The van der Waals surface area contributed by atoms with Crippen LogP contribution in [-0.2, 0) is 9.53 Å². The minimum absolute atomic E-state index is 0.0000246. The summed E-state index contributed by atoms with van der Waals surface area (Å²) in [4.78, 5) is 12.8. The smallest absolute Gasteiger partial charge is 0.312 e. The van der Waals surface area contributed by atoms with E-state index in [1.807, 2.05) is 13.8 Å². The topological polar surface area (TPSA) is 26.3 Å². The molecule has 0 aromatic carbocycles. The number of allylic oxidation sites excluding steroid dienone is 1. The van der Waals surface area contributed by atoms with Gasteiger partial charge in [-0.2, -0.15) is 0 Å². The van der Waals surface area contributed by atoms with E-state index in [0.29, 0.717) is 11.8 Å². The first-order valence-corrected chi connectivity index (χ1v) is 9.16. The zero-order chi connectivity index (χ0) is 16.1. The van der Waals surface area contributed by atoms with Crippen LogP contribution in [0.1, 0.15) is 73.1 Å². The number of carbonyl (C=O) groups is 1. The molecule has 4 bridgehead atoms. The van der Waals surface area contributed by atoms with Crippen LogP contribution in [0.4, 0.5) is 0 Å². The molecule has 0 saturated heterocycles. The molecule has 4 aliphatic carbocycles. The average molecular weight is 304 g/mol. The van der Waals surface area contributed by atoms with Crippen molar-refractivity contribution < 1.29 is 9.53 Å². The first-order valence-electron chi connectivity index (χ1n) is 9.16. The van der Waals surface area contributed by atoms with Gasteiger partial charge in [-0.25, -0.2) is 0 Å². The van der Waals surface area contributed by atoms with Crippen LogP contribution in [0.25, 0.3) is 0 Å². The highest BCUT2D eigenvalue weighted by molar-refractivity contribution is 5.76. The van der Waals surface area contributed by atoms with Crippen LogP contribution in [0, 0.1) is 29.1 Å². The number of rotatable bonds is 4. The van der Waals surface area contributed by atoms with Crippen LogP contribution in [0.5, 0.6) is 0 Å². The maximum atomic E-state index is 12.8. The Morgan fingerprint density at radius 2 is 1.59 bits per heavy atom. The van der Waals surface area contributed by atoms with E-state index < -0.39 is 0 Å². The van der Waals surface area contributed by atoms with Crippen molar-refractivity contribution >= 4 is 5.97 Å². The molecule has 0 atom stereocenters. The molecule has 0 radical (unpaired) electrons. The minimum Gasteiger partial charge on any atom is -0.454 e. The van der Waals surface area contributed by atoms with E-state index in [9.17, 15) is 4.79 Å². The molecule has 22 heavy (non-hydrogen) atoms. The fraction of sp³-hybridized carbons (Fsp3) is 0.850. The lowest BCUT2D eigenvalue weighted by Gasteiger charge is -2.59. The Morgan fingerprint density at radius 1 is 1.09 bits per heavy atom. The van der Waals surface area contributed by atoms with Gasteiger partial charge in [0, 0.05) is 11.8 Å². The molecule has 4 aliphatic rings. The molecule has 0 aliphatic heterocycles. The van der Waals surface area contributed by atoms with Crippen molar-refractivity contribution in [2.24, 2.45) is 29.1 Å². The Hall–Kier alpha value is -0.790. The highest BCUT2D eigenvalue weighted by Crippen LogP contribution is 2.60. The van der Waals surface area contributed by atoms with E-state index in [1.54, 1.807) is 0 Å². The maximum absolute atomic E-state index is 12.8. The van der Waals surface area contributed by atoms with Crippen molar-refractivity contribution in [3.05, 3.63) is 11.6 Å². The van der Waals surface area contributed by atoms with Crippen LogP contribution in [0.3, 0.4) is 0 Å². The lowest BCUT2D eigenvalue weighted by atomic mass is 9.49. The molecule has 0 N–H and O–H groups in total. The fourth-order valence-electron chi connectivity index (χ4n) is 5.25. The number of hydrogen-bond donors (Lipinski definition) is 0. The van der Waals surface area contributed by atoms with Gasteiger partial charge < -0.3 is 4.74 Å². The van der Waals surface area contributed by atoms with Crippen molar-refractivity contribution in [3.8, 4) is 0 Å². The van der Waals surface area contributed by atoms with Gasteiger partial charge in [-0.05, 0) is 84.1 Å². The zero-order valence-corrected chi connectivity index (χ0v) is 14.9. The summed E-state index contributed by atoms with van der Waals surface area (Å²) >= 11 is 0. The van der Waals surface area contributed by atoms with Crippen LogP contribution in [0.2, 0.25) is 0 Å². The second-order valence-electron chi connectivity index (χ2n) is 9.01. The second kappa shape index (κ2) is 5.39. The molecule has 2 heteroatoms. The third-order valence-electron chi connectivity index (χ3n) is 6.63. The molecule has 0 aromatic rings. The molecule has 0 unspecified atom stereocenters.